The predicted molar refractivity (Wildman–Crippen MR) is 159 cm³/mol. The zero-order valence-electron chi connectivity index (χ0n) is 22.6. The molecule has 4 N–H and O–H groups in total. The lowest BCUT2D eigenvalue weighted by Gasteiger charge is -2.23. The van der Waals surface area contributed by atoms with Gasteiger partial charge in [0.05, 0.1) is 24.1 Å². The Bertz CT molecular complexity index is 1780. The zero-order valence-corrected chi connectivity index (χ0v) is 22.6. The van der Waals surface area contributed by atoms with Crippen LogP contribution in [0.15, 0.2) is 97.1 Å². The molecule has 0 atom stereocenters. The van der Waals surface area contributed by atoms with Crippen molar-refractivity contribution in [2.45, 2.75) is 19.4 Å². The maximum absolute atomic E-state index is 12.7. The van der Waals surface area contributed by atoms with Crippen molar-refractivity contribution in [3.8, 4) is 28.3 Å². The number of benzene rings is 3. The number of carbonyl (C=O) groups is 1. The predicted octanol–water partition coefficient (Wildman–Crippen LogP) is 5.61. The molecule has 5 aromatic rings. The number of nitrogens with two attached hydrogens (primary N) is 1. The largest absolute Gasteiger partial charge is 0.457 e. The smallest absolute Gasteiger partial charge is 0.250 e. The summed E-state index contributed by atoms with van der Waals surface area (Å²) in [4.78, 5) is 24.8. The summed E-state index contributed by atoms with van der Waals surface area (Å²) >= 11 is 0. The minimum absolute atomic E-state index is 0.0916. The van der Waals surface area contributed by atoms with E-state index in [-0.39, 0.29) is 12.3 Å². The van der Waals surface area contributed by atoms with Crippen molar-refractivity contribution < 1.29 is 14.6 Å². The third kappa shape index (κ3) is 5.93. The minimum Gasteiger partial charge on any atom is -0.457 e. The lowest BCUT2D eigenvalue weighted by Crippen LogP contribution is -2.46. The molecule has 0 aliphatic rings. The van der Waals surface area contributed by atoms with E-state index in [0.29, 0.717) is 28.2 Å². The zero-order chi connectivity index (χ0) is 29.0. The van der Waals surface area contributed by atoms with Gasteiger partial charge in [-0.15, -0.1) is 0 Å². The first-order valence-electron chi connectivity index (χ1n) is 12.9. The number of carbonyl (C=O) groups excluding carboxylic acids is 1. The van der Waals surface area contributed by atoms with Crippen molar-refractivity contribution >= 4 is 28.8 Å². The molecule has 5 rings (SSSR count). The third-order valence-electron chi connectivity index (χ3n) is 6.41. The summed E-state index contributed by atoms with van der Waals surface area (Å²) in [6, 6.07) is 24.7. The van der Waals surface area contributed by atoms with Gasteiger partial charge in [0.1, 0.15) is 23.6 Å². The number of hydrogen-bond acceptors (Lipinski definition) is 6. The first-order chi connectivity index (χ1) is 19.8. The number of rotatable bonds is 8. The lowest BCUT2D eigenvalue weighted by molar-refractivity contribution is -0.119. The second kappa shape index (κ2) is 11.3. The van der Waals surface area contributed by atoms with E-state index >= 15 is 0 Å². The van der Waals surface area contributed by atoms with Gasteiger partial charge in [-0.3, -0.25) is 4.79 Å². The Balaban J connectivity index is 1.51. The fraction of sp³-hybridized carbons (Fsp3) is 0.125. The van der Waals surface area contributed by atoms with Crippen molar-refractivity contribution in [3.63, 3.8) is 0 Å². The van der Waals surface area contributed by atoms with Crippen molar-refractivity contribution in [1.82, 2.24) is 19.9 Å². The molecular weight excluding hydrogens is 516 g/mol. The molecule has 0 saturated heterocycles. The highest BCUT2D eigenvalue weighted by atomic mass is 16.5. The Morgan fingerprint density at radius 1 is 1.07 bits per heavy atom. The number of anilines is 1. The van der Waals surface area contributed by atoms with Crippen LogP contribution in [0.3, 0.4) is 0 Å². The normalized spacial score (nSPS) is 11.7. The molecule has 0 radical (unpaired) electrons. The number of fused-ring (bicyclic) bond motifs is 1. The molecule has 0 unspecified atom stereocenters. The molecule has 2 aromatic heterocycles. The van der Waals surface area contributed by atoms with Gasteiger partial charge in [0.2, 0.25) is 0 Å². The maximum Gasteiger partial charge on any atom is 0.250 e. The highest BCUT2D eigenvalue weighted by molar-refractivity contribution is 6.02. The summed E-state index contributed by atoms with van der Waals surface area (Å²) in [5.41, 5.74) is 9.17. The van der Waals surface area contributed by atoms with E-state index in [1.54, 1.807) is 19.9 Å². The number of amides is 1. The third-order valence-corrected chi connectivity index (χ3v) is 6.41. The van der Waals surface area contributed by atoms with Crippen molar-refractivity contribution in [2.75, 3.05) is 12.3 Å². The second-order valence-electron chi connectivity index (χ2n) is 10.0. The topological polar surface area (TPSA) is 120 Å². The van der Waals surface area contributed by atoms with Crippen LogP contribution in [-0.2, 0) is 4.79 Å². The number of nitrogen functional groups attached to an aromatic ring is 1. The van der Waals surface area contributed by atoms with E-state index in [1.807, 2.05) is 83.6 Å². The Kier molecular flexibility index (Phi) is 7.50. The summed E-state index contributed by atoms with van der Waals surface area (Å²) in [5.74, 6) is 1.25. The molecule has 1 amide bonds. The molecular formula is C32H28N6O3. The van der Waals surface area contributed by atoms with Gasteiger partial charge in [0.15, 0.2) is 5.65 Å². The van der Waals surface area contributed by atoms with Crippen molar-refractivity contribution in [2.24, 2.45) is 0 Å². The van der Waals surface area contributed by atoms with Crippen molar-refractivity contribution in [1.29, 1.82) is 0 Å². The number of hydrogen-bond donors (Lipinski definition) is 3. The van der Waals surface area contributed by atoms with Crippen LogP contribution in [-0.4, -0.2) is 37.7 Å². The first kappa shape index (κ1) is 27.1. The number of ether oxygens (including phenoxy) is 1. The Labute approximate surface area is 237 Å². The molecule has 9 nitrogen and oxygen atoms in total. The molecule has 0 fully saturated rings. The average Bonchev–Trinajstić information content (AvgIpc) is 3.38. The van der Waals surface area contributed by atoms with Crippen molar-refractivity contribution in [3.05, 3.63) is 114 Å². The van der Waals surface area contributed by atoms with E-state index in [1.165, 1.54) is 12.4 Å². The monoisotopic (exact) mass is 544 g/mol. The van der Waals surface area contributed by atoms with Gasteiger partial charge in [0, 0.05) is 17.4 Å². The maximum atomic E-state index is 12.7. The fourth-order valence-corrected chi connectivity index (χ4v) is 4.31. The summed E-state index contributed by atoms with van der Waals surface area (Å²) in [6.07, 6.45) is 4.88. The fourth-order valence-electron chi connectivity index (χ4n) is 4.31. The summed E-state index contributed by atoms with van der Waals surface area (Å²) in [7, 11) is 0. The van der Waals surface area contributed by atoms with Crippen LogP contribution in [0.4, 0.5) is 5.82 Å². The number of aliphatic hydroxyl groups excluding tert-OH is 1. The molecule has 0 aliphatic heterocycles. The number of aromatic nitrogens is 3. The molecule has 0 aliphatic carbocycles. The second-order valence-corrected chi connectivity index (χ2v) is 10.0. The van der Waals surface area contributed by atoms with E-state index in [2.05, 4.69) is 20.1 Å². The molecule has 41 heavy (non-hydrogen) atoms. The molecule has 204 valence electrons. The molecule has 3 aromatic carbocycles. The average molecular weight is 545 g/mol. The highest BCUT2D eigenvalue weighted by Gasteiger charge is 2.22. The van der Waals surface area contributed by atoms with E-state index in [9.17, 15) is 9.90 Å². The van der Waals surface area contributed by atoms with Crippen LogP contribution < -0.4 is 15.8 Å². The minimum atomic E-state index is -0.853. The number of nitrogens with one attached hydrogen (secondary N) is 1. The molecule has 0 spiro atoms. The van der Waals surface area contributed by atoms with Gasteiger partial charge in [-0.05, 0) is 67.4 Å². The Morgan fingerprint density at radius 3 is 2.51 bits per heavy atom. The van der Waals surface area contributed by atoms with Crippen LogP contribution in [0.5, 0.6) is 11.5 Å². The van der Waals surface area contributed by atoms with Crippen LogP contribution in [0.2, 0.25) is 0 Å². The molecule has 2 heterocycles. The number of aliphatic hydroxyl groups is 1. The number of nitrogens with zero attached hydrogens (tertiary/aromatic N) is 4. The van der Waals surface area contributed by atoms with E-state index in [4.69, 9.17) is 17.0 Å². The lowest BCUT2D eigenvalue weighted by atomic mass is 10.1. The van der Waals surface area contributed by atoms with Crippen LogP contribution >= 0.6 is 0 Å². The standard InChI is InChI=1S/C32H28N6O3/c1-32(2,19-39)37-31(40)27(34-3)17-21-8-7-9-23(16-21)38-18-26(28-29(33)35-20-36-30(28)38)22-12-14-25(15-13-22)41-24-10-5-4-6-11-24/h4-18,20,39H,19H2,1-2H3,(H,37,40)(H2,33,35,36)/b27-17-. The van der Waals surface area contributed by atoms with E-state index in [0.717, 1.165) is 22.6 Å². The Hall–Kier alpha value is -5.46. The summed E-state index contributed by atoms with van der Waals surface area (Å²) < 4.78 is 7.84. The molecule has 0 saturated carbocycles. The summed E-state index contributed by atoms with van der Waals surface area (Å²) in [5, 5.41) is 12.9. The van der Waals surface area contributed by atoms with Gasteiger partial charge >= 0.3 is 0 Å². The molecule has 0 bridgehead atoms. The number of para-hydroxylation sites is 1. The van der Waals surface area contributed by atoms with Gasteiger partial charge in [-0.1, -0.05) is 42.5 Å². The first-order valence-corrected chi connectivity index (χ1v) is 12.9. The Morgan fingerprint density at radius 2 is 1.80 bits per heavy atom. The van der Waals surface area contributed by atoms with Gasteiger partial charge in [-0.2, -0.15) is 0 Å². The van der Waals surface area contributed by atoms with E-state index < -0.39 is 11.4 Å². The van der Waals surface area contributed by atoms with Crippen LogP contribution in [0.1, 0.15) is 19.4 Å². The van der Waals surface area contributed by atoms with Crippen LogP contribution in [0, 0.1) is 6.57 Å². The highest BCUT2D eigenvalue weighted by Crippen LogP contribution is 2.35. The quantitative estimate of drug-likeness (QED) is 0.173. The van der Waals surface area contributed by atoms with Gasteiger partial charge < -0.3 is 25.5 Å². The van der Waals surface area contributed by atoms with Crippen LogP contribution in [0.25, 0.3) is 38.8 Å². The summed E-state index contributed by atoms with van der Waals surface area (Å²) in [6.45, 7) is 10.6. The van der Waals surface area contributed by atoms with Gasteiger partial charge in [-0.25, -0.2) is 14.8 Å². The molecule has 9 heteroatoms. The SMILES string of the molecule is [C-]#[N+]/C(=C\c1cccc(-n2cc(-c3ccc(Oc4ccccc4)cc3)c3c(N)ncnc32)c1)C(=O)NC(C)(C)CO. The van der Waals surface area contributed by atoms with Gasteiger partial charge in [0.25, 0.3) is 11.6 Å².